The maximum atomic E-state index is 11.9. The molecule has 2 N–H and O–H groups in total. The number of imide groups is 1. The van der Waals surface area contributed by atoms with E-state index in [0.717, 1.165) is 25.9 Å². The Kier molecular flexibility index (Phi) is 5.77. The number of hydrogen-bond donors (Lipinski definition) is 2. The van der Waals surface area contributed by atoms with Crippen molar-refractivity contribution in [2.24, 2.45) is 0 Å². The van der Waals surface area contributed by atoms with E-state index in [2.05, 4.69) is 39.8 Å². The summed E-state index contributed by atoms with van der Waals surface area (Å²) in [5.74, 6) is 0.324. The van der Waals surface area contributed by atoms with Crippen molar-refractivity contribution in [3.8, 4) is 0 Å². The molecule has 0 aromatic heterocycles. The molecule has 5 heteroatoms. The summed E-state index contributed by atoms with van der Waals surface area (Å²) in [6.45, 7) is 7.68. The number of benzene rings is 1. The zero-order chi connectivity index (χ0) is 16.9. The number of amides is 3. The molecule has 126 valence electrons. The second kappa shape index (κ2) is 7.59. The highest BCUT2D eigenvalue weighted by Crippen LogP contribution is 2.27. The molecule has 0 saturated carbocycles. The van der Waals surface area contributed by atoms with Gasteiger partial charge < -0.3 is 5.32 Å². The van der Waals surface area contributed by atoms with E-state index in [0.29, 0.717) is 5.92 Å². The molecule has 0 atom stereocenters. The number of urea groups is 1. The summed E-state index contributed by atoms with van der Waals surface area (Å²) < 4.78 is 0. The van der Waals surface area contributed by atoms with Crippen LogP contribution >= 0.6 is 0 Å². The highest BCUT2D eigenvalue weighted by molar-refractivity contribution is 5.95. The minimum Gasteiger partial charge on any atom is -0.333 e. The summed E-state index contributed by atoms with van der Waals surface area (Å²) in [4.78, 5) is 25.7. The third kappa shape index (κ3) is 6.02. The van der Waals surface area contributed by atoms with Crippen LogP contribution in [0.3, 0.4) is 0 Å². The lowest BCUT2D eigenvalue weighted by Crippen LogP contribution is -2.50. The fourth-order valence-electron chi connectivity index (χ4n) is 2.89. The van der Waals surface area contributed by atoms with Gasteiger partial charge >= 0.3 is 6.03 Å². The zero-order valence-corrected chi connectivity index (χ0v) is 14.3. The topological polar surface area (TPSA) is 61.4 Å². The number of piperidine rings is 1. The Hall–Kier alpha value is -1.88. The van der Waals surface area contributed by atoms with Gasteiger partial charge in [0.1, 0.15) is 0 Å². The predicted molar refractivity (Wildman–Crippen MR) is 91.3 cm³/mol. The molecule has 1 saturated heterocycles. The van der Waals surface area contributed by atoms with Crippen LogP contribution in [0.4, 0.5) is 4.79 Å². The van der Waals surface area contributed by atoms with E-state index >= 15 is 0 Å². The third-order valence-corrected chi connectivity index (χ3v) is 3.97. The first-order valence-corrected chi connectivity index (χ1v) is 8.23. The van der Waals surface area contributed by atoms with Gasteiger partial charge in [-0.25, -0.2) is 4.79 Å². The van der Waals surface area contributed by atoms with Crippen LogP contribution in [0.5, 0.6) is 0 Å². The standard InChI is InChI=1S/C18H27N3O2/c1-18(2,3)20-17(23)19-16(22)13-21-11-9-15(10-12-21)14-7-5-4-6-8-14/h4-8,15H,9-13H2,1-3H3,(H2,19,20,22,23). The summed E-state index contributed by atoms with van der Waals surface area (Å²) in [5.41, 5.74) is 1.03. The number of nitrogens with one attached hydrogen (secondary N) is 2. The van der Waals surface area contributed by atoms with Gasteiger partial charge in [-0.3, -0.25) is 15.0 Å². The second-order valence-electron chi connectivity index (χ2n) is 7.21. The van der Waals surface area contributed by atoms with Crippen molar-refractivity contribution in [1.82, 2.24) is 15.5 Å². The minimum atomic E-state index is -0.429. The van der Waals surface area contributed by atoms with Gasteiger partial charge in [0.25, 0.3) is 0 Å². The van der Waals surface area contributed by atoms with E-state index in [1.54, 1.807) is 0 Å². The van der Waals surface area contributed by atoms with Crippen LogP contribution in [0.25, 0.3) is 0 Å². The van der Waals surface area contributed by atoms with Gasteiger partial charge in [-0.05, 0) is 58.2 Å². The van der Waals surface area contributed by atoms with Crippen molar-refractivity contribution in [3.05, 3.63) is 35.9 Å². The lowest BCUT2D eigenvalue weighted by atomic mass is 9.89. The van der Waals surface area contributed by atoms with Gasteiger partial charge in [-0.2, -0.15) is 0 Å². The zero-order valence-electron chi connectivity index (χ0n) is 14.3. The summed E-state index contributed by atoms with van der Waals surface area (Å²) >= 11 is 0. The molecule has 23 heavy (non-hydrogen) atoms. The number of likely N-dealkylation sites (tertiary alicyclic amines) is 1. The number of carbonyl (C=O) groups is 2. The van der Waals surface area contributed by atoms with Gasteiger partial charge in [-0.1, -0.05) is 30.3 Å². The highest BCUT2D eigenvalue weighted by Gasteiger charge is 2.23. The average Bonchev–Trinajstić information content (AvgIpc) is 2.46. The maximum Gasteiger partial charge on any atom is 0.321 e. The SMILES string of the molecule is CC(C)(C)NC(=O)NC(=O)CN1CCC(c2ccccc2)CC1. The molecule has 1 aliphatic rings. The number of carbonyl (C=O) groups excluding carboxylic acids is 2. The lowest BCUT2D eigenvalue weighted by Gasteiger charge is -2.31. The highest BCUT2D eigenvalue weighted by atomic mass is 16.2. The van der Waals surface area contributed by atoms with E-state index in [9.17, 15) is 9.59 Å². The van der Waals surface area contributed by atoms with Crippen molar-refractivity contribution in [1.29, 1.82) is 0 Å². The fourth-order valence-corrected chi connectivity index (χ4v) is 2.89. The third-order valence-electron chi connectivity index (χ3n) is 3.97. The molecule has 1 heterocycles. The Labute approximate surface area is 138 Å². The Bertz CT molecular complexity index is 529. The van der Waals surface area contributed by atoms with E-state index in [1.165, 1.54) is 5.56 Å². The minimum absolute atomic E-state index is 0.245. The van der Waals surface area contributed by atoms with Gasteiger partial charge in [0.05, 0.1) is 6.54 Å². The van der Waals surface area contributed by atoms with Crippen LogP contribution in [0.1, 0.15) is 45.1 Å². The van der Waals surface area contributed by atoms with Crippen LogP contribution < -0.4 is 10.6 Å². The van der Waals surface area contributed by atoms with E-state index < -0.39 is 6.03 Å². The molecule has 1 aromatic carbocycles. The Morgan fingerprint density at radius 1 is 1.13 bits per heavy atom. The number of hydrogen-bond acceptors (Lipinski definition) is 3. The normalized spacial score (nSPS) is 16.8. The van der Waals surface area contributed by atoms with Crippen LogP contribution in [-0.2, 0) is 4.79 Å². The molecular weight excluding hydrogens is 290 g/mol. The first-order chi connectivity index (χ1) is 10.8. The Morgan fingerprint density at radius 3 is 2.30 bits per heavy atom. The lowest BCUT2D eigenvalue weighted by molar-refractivity contribution is -0.121. The Balaban J connectivity index is 1.74. The van der Waals surface area contributed by atoms with Gasteiger partial charge in [0.2, 0.25) is 5.91 Å². The average molecular weight is 317 g/mol. The van der Waals surface area contributed by atoms with Crippen molar-refractivity contribution in [2.45, 2.75) is 45.1 Å². The molecule has 0 unspecified atom stereocenters. The first-order valence-electron chi connectivity index (χ1n) is 8.23. The van der Waals surface area contributed by atoms with E-state index in [4.69, 9.17) is 0 Å². The fraction of sp³-hybridized carbons (Fsp3) is 0.556. The van der Waals surface area contributed by atoms with Gasteiger partial charge in [0, 0.05) is 5.54 Å². The summed E-state index contributed by atoms with van der Waals surface area (Å²) in [7, 11) is 0. The number of rotatable bonds is 3. The van der Waals surface area contributed by atoms with Crippen LogP contribution in [0.2, 0.25) is 0 Å². The van der Waals surface area contributed by atoms with Crippen LogP contribution in [0.15, 0.2) is 30.3 Å². The second-order valence-corrected chi connectivity index (χ2v) is 7.21. The monoisotopic (exact) mass is 317 g/mol. The molecule has 3 amide bonds. The molecule has 0 spiro atoms. The summed E-state index contributed by atoms with van der Waals surface area (Å²) in [5, 5.41) is 5.12. The summed E-state index contributed by atoms with van der Waals surface area (Å²) in [6, 6.07) is 10.1. The van der Waals surface area contributed by atoms with Crippen LogP contribution in [0, 0.1) is 0 Å². The molecule has 5 nitrogen and oxygen atoms in total. The number of nitrogens with zero attached hydrogens (tertiary/aromatic N) is 1. The van der Waals surface area contributed by atoms with Gasteiger partial charge in [0.15, 0.2) is 0 Å². The van der Waals surface area contributed by atoms with E-state index in [1.807, 2.05) is 26.8 Å². The smallest absolute Gasteiger partial charge is 0.321 e. The quantitative estimate of drug-likeness (QED) is 0.900. The van der Waals surface area contributed by atoms with Crippen molar-refractivity contribution in [2.75, 3.05) is 19.6 Å². The van der Waals surface area contributed by atoms with Crippen molar-refractivity contribution in [3.63, 3.8) is 0 Å². The molecular formula is C18H27N3O2. The predicted octanol–water partition coefficient (Wildman–Crippen LogP) is 2.49. The van der Waals surface area contributed by atoms with E-state index in [-0.39, 0.29) is 18.0 Å². The van der Waals surface area contributed by atoms with Crippen molar-refractivity contribution >= 4 is 11.9 Å². The van der Waals surface area contributed by atoms with Gasteiger partial charge in [-0.15, -0.1) is 0 Å². The molecule has 0 radical (unpaired) electrons. The van der Waals surface area contributed by atoms with Crippen LogP contribution in [-0.4, -0.2) is 42.0 Å². The first kappa shape index (κ1) is 17.5. The summed E-state index contributed by atoms with van der Waals surface area (Å²) in [6.07, 6.45) is 2.09. The Morgan fingerprint density at radius 2 is 1.74 bits per heavy atom. The molecule has 1 aromatic rings. The molecule has 1 fully saturated rings. The largest absolute Gasteiger partial charge is 0.333 e. The van der Waals surface area contributed by atoms with Crippen molar-refractivity contribution < 1.29 is 9.59 Å². The molecule has 2 rings (SSSR count). The molecule has 0 bridgehead atoms. The molecule has 0 aliphatic carbocycles. The maximum absolute atomic E-state index is 11.9. The molecule has 1 aliphatic heterocycles.